The fourth-order valence-electron chi connectivity index (χ4n) is 11.4. The summed E-state index contributed by atoms with van der Waals surface area (Å²) in [7, 11) is 0. The fourth-order valence-corrected chi connectivity index (χ4v) is 11.4. The fraction of sp³-hybridized carbons (Fsp3) is 0.500. The van der Waals surface area contributed by atoms with Crippen LogP contribution in [0.3, 0.4) is 0 Å². The number of anilines is 1. The van der Waals surface area contributed by atoms with Gasteiger partial charge in [-0.3, -0.25) is 14.8 Å². The summed E-state index contributed by atoms with van der Waals surface area (Å²) >= 11 is 0. The number of ether oxygens (including phenoxy) is 2. The van der Waals surface area contributed by atoms with Crippen molar-refractivity contribution in [3.8, 4) is 11.5 Å². The van der Waals surface area contributed by atoms with Gasteiger partial charge in [0.15, 0.2) is 0 Å². The summed E-state index contributed by atoms with van der Waals surface area (Å²) in [5.41, 5.74) is 4.46. The molecule has 4 heterocycles. The molecule has 7 nitrogen and oxygen atoms in total. The van der Waals surface area contributed by atoms with Gasteiger partial charge in [-0.2, -0.15) is 0 Å². The maximum Gasteiger partial charge on any atom is 0.128 e. The lowest BCUT2D eigenvalue weighted by Crippen LogP contribution is -2.46. The van der Waals surface area contributed by atoms with Crippen LogP contribution in [0.2, 0.25) is 0 Å². The predicted octanol–water partition coefficient (Wildman–Crippen LogP) is 13.7. The molecule has 7 heteroatoms. The Kier molecular flexibility index (Phi) is 15.4. The van der Waals surface area contributed by atoms with Gasteiger partial charge in [-0.1, -0.05) is 83.1 Å². The highest BCUT2D eigenvalue weighted by molar-refractivity contribution is 5.85. The number of pyridine rings is 2. The van der Waals surface area contributed by atoms with Crippen LogP contribution in [0.1, 0.15) is 122 Å². The zero-order valence-corrected chi connectivity index (χ0v) is 41.3. The van der Waals surface area contributed by atoms with Crippen molar-refractivity contribution in [3.63, 3.8) is 0 Å². The highest BCUT2D eigenvalue weighted by atomic mass is 16.5. The van der Waals surface area contributed by atoms with Crippen molar-refractivity contribution < 1.29 is 9.47 Å². The molecule has 0 radical (unpaired) electrons. The lowest BCUT2D eigenvalue weighted by atomic mass is 9.72. The van der Waals surface area contributed by atoms with E-state index in [1.54, 1.807) is 0 Å². The molecule has 10 rings (SSSR count). The normalized spacial score (nSPS) is 22.4. The van der Waals surface area contributed by atoms with Crippen LogP contribution < -0.4 is 14.4 Å². The Labute approximate surface area is 402 Å². The first-order valence-corrected chi connectivity index (χ1v) is 26.0. The molecule has 354 valence electrons. The zero-order valence-electron chi connectivity index (χ0n) is 41.3. The minimum Gasteiger partial charge on any atom is -0.490 e. The molecule has 0 bridgehead atoms. The molecule has 0 N–H and O–H groups in total. The number of aromatic nitrogens is 2. The number of fused-ring (bicyclic) bond motifs is 2. The Morgan fingerprint density at radius 2 is 1.03 bits per heavy atom. The van der Waals surface area contributed by atoms with Crippen LogP contribution in [0.15, 0.2) is 122 Å². The molecule has 4 fully saturated rings. The van der Waals surface area contributed by atoms with Gasteiger partial charge in [0, 0.05) is 63.3 Å². The van der Waals surface area contributed by atoms with Gasteiger partial charge in [-0.05, 0) is 194 Å². The maximum absolute atomic E-state index is 6.41. The summed E-state index contributed by atoms with van der Waals surface area (Å²) in [5.74, 6) is 6.24. The summed E-state index contributed by atoms with van der Waals surface area (Å²) in [5, 5.41) is 5.16. The van der Waals surface area contributed by atoms with Gasteiger partial charge in [-0.15, -0.1) is 0 Å². The van der Waals surface area contributed by atoms with Crippen molar-refractivity contribution in [2.75, 3.05) is 44.2 Å². The van der Waals surface area contributed by atoms with E-state index in [0.717, 1.165) is 87.4 Å². The monoisotopic (exact) mass is 900 g/mol. The number of benzene rings is 4. The average molecular weight is 900 g/mol. The van der Waals surface area contributed by atoms with E-state index in [1.807, 2.05) is 24.5 Å². The standard InChI is InChI=1S/C31H40N2O.C29H37N3O/c1-31(2,3)27-10-13-28(14-11-27)34-29-12-9-25-20-23(7-8-26(25)21-29)22-33-18-15-24(16-19-33)30-6-4-5-17-32-30;1-22(2)24-8-11-27(12-9-24)33-28-13-10-25-19-23(6-7-26(25)20-28)21-31-15-17-32(18-16-31)29-5-3-4-14-30-29/h4-9,12,17,20-21,24,27-28H,10-11,13-16,18-19,22H2,1-3H3;3-7,10,13-14,19-20,22,24,27H,8-9,11-12,15-18,21H2,1-2H3. The van der Waals surface area contributed by atoms with Crippen LogP contribution in [0, 0.1) is 23.2 Å². The number of hydrogen-bond acceptors (Lipinski definition) is 7. The van der Waals surface area contributed by atoms with Crippen LogP contribution in [-0.2, 0) is 13.1 Å². The Morgan fingerprint density at radius 3 is 1.54 bits per heavy atom. The number of piperidine rings is 1. The van der Waals surface area contributed by atoms with Crippen molar-refractivity contribution in [3.05, 3.63) is 138 Å². The molecule has 0 atom stereocenters. The van der Waals surface area contributed by atoms with E-state index < -0.39 is 0 Å². The minimum absolute atomic E-state index is 0.365. The molecule has 2 aliphatic heterocycles. The molecule has 0 spiro atoms. The van der Waals surface area contributed by atoms with Crippen molar-refractivity contribution in [1.82, 2.24) is 19.8 Å². The number of rotatable bonds is 11. The molecular formula is C60H77N5O2. The molecule has 2 aromatic heterocycles. The third-order valence-electron chi connectivity index (χ3n) is 15.8. The lowest BCUT2D eigenvalue weighted by molar-refractivity contribution is 0.0883. The van der Waals surface area contributed by atoms with Crippen LogP contribution in [0.4, 0.5) is 5.82 Å². The minimum atomic E-state index is 0.365. The molecule has 4 aliphatic rings. The SMILES string of the molecule is CC(C)(C)C1CCC(Oc2ccc3cc(CN4CCC(c5ccccn5)CC4)ccc3c2)CC1.CC(C)C1CCC(Oc2ccc3cc(CN4CCN(c5ccccn5)CC4)ccc3c2)CC1. The Bertz CT molecular complexity index is 2450. The van der Waals surface area contributed by atoms with Gasteiger partial charge in [0.25, 0.3) is 0 Å². The van der Waals surface area contributed by atoms with Crippen LogP contribution >= 0.6 is 0 Å². The second-order valence-corrected chi connectivity index (χ2v) is 21.8. The molecule has 2 aliphatic carbocycles. The van der Waals surface area contributed by atoms with E-state index in [1.165, 1.54) is 103 Å². The maximum atomic E-state index is 6.41. The molecule has 0 amide bonds. The second-order valence-electron chi connectivity index (χ2n) is 21.8. The highest BCUT2D eigenvalue weighted by Gasteiger charge is 2.31. The Balaban J connectivity index is 0.000000168. The van der Waals surface area contributed by atoms with Crippen molar-refractivity contribution in [2.45, 2.75) is 130 Å². The van der Waals surface area contributed by atoms with E-state index in [0.29, 0.717) is 23.5 Å². The topological polar surface area (TPSA) is 54.0 Å². The summed E-state index contributed by atoms with van der Waals surface area (Å²) in [6, 6.07) is 39.5. The molecule has 0 unspecified atom stereocenters. The molecule has 6 aromatic rings. The highest BCUT2D eigenvalue weighted by Crippen LogP contribution is 2.39. The van der Waals surface area contributed by atoms with E-state index in [2.05, 4.69) is 156 Å². The van der Waals surface area contributed by atoms with Gasteiger partial charge in [0.1, 0.15) is 17.3 Å². The van der Waals surface area contributed by atoms with E-state index >= 15 is 0 Å². The van der Waals surface area contributed by atoms with Gasteiger partial charge in [-0.25, -0.2) is 4.98 Å². The number of hydrogen-bond donors (Lipinski definition) is 0. The number of piperazine rings is 1. The first kappa shape index (κ1) is 47.1. The third-order valence-corrected chi connectivity index (χ3v) is 15.8. The van der Waals surface area contributed by atoms with Gasteiger partial charge < -0.3 is 14.4 Å². The molecule has 4 aromatic carbocycles. The average Bonchev–Trinajstić information content (AvgIpc) is 3.35. The van der Waals surface area contributed by atoms with E-state index in [-0.39, 0.29) is 0 Å². The Hall–Kier alpha value is -4.98. The second kappa shape index (κ2) is 22.0. The largest absolute Gasteiger partial charge is 0.490 e. The summed E-state index contributed by atoms with van der Waals surface area (Å²) < 4.78 is 12.8. The molecule has 67 heavy (non-hydrogen) atoms. The van der Waals surface area contributed by atoms with Crippen LogP contribution in [-0.4, -0.2) is 71.2 Å². The number of likely N-dealkylation sites (tertiary alicyclic amines) is 1. The van der Waals surface area contributed by atoms with Gasteiger partial charge in [0.05, 0.1) is 12.2 Å². The summed E-state index contributed by atoms with van der Waals surface area (Å²) in [6.07, 6.45) is 16.8. The van der Waals surface area contributed by atoms with Crippen molar-refractivity contribution in [1.29, 1.82) is 0 Å². The third kappa shape index (κ3) is 12.8. The number of nitrogens with zero attached hydrogens (tertiary/aromatic N) is 5. The summed E-state index contributed by atoms with van der Waals surface area (Å²) in [6.45, 7) is 20.4. The van der Waals surface area contributed by atoms with Crippen molar-refractivity contribution >= 4 is 27.4 Å². The quantitative estimate of drug-likeness (QED) is 0.128. The van der Waals surface area contributed by atoms with Gasteiger partial charge >= 0.3 is 0 Å². The van der Waals surface area contributed by atoms with Crippen molar-refractivity contribution in [2.24, 2.45) is 23.2 Å². The first-order valence-electron chi connectivity index (χ1n) is 26.0. The molecular weight excluding hydrogens is 823 g/mol. The van der Waals surface area contributed by atoms with E-state index in [9.17, 15) is 0 Å². The molecule has 2 saturated heterocycles. The van der Waals surface area contributed by atoms with Crippen LogP contribution in [0.25, 0.3) is 21.5 Å². The van der Waals surface area contributed by atoms with E-state index in [4.69, 9.17) is 9.47 Å². The Morgan fingerprint density at radius 1 is 0.522 bits per heavy atom. The van der Waals surface area contributed by atoms with Gasteiger partial charge in [0.2, 0.25) is 0 Å². The van der Waals surface area contributed by atoms with Crippen LogP contribution in [0.5, 0.6) is 11.5 Å². The smallest absolute Gasteiger partial charge is 0.128 e. The first-order chi connectivity index (χ1) is 32.6. The molecule has 2 saturated carbocycles. The zero-order chi connectivity index (χ0) is 46.2. The lowest BCUT2D eigenvalue weighted by Gasteiger charge is -2.37. The summed E-state index contributed by atoms with van der Waals surface area (Å²) in [4.78, 5) is 16.6. The predicted molar refractivity (Wildman–Crippen MR) is 278 cm³/mol.